The molecule has 0 amide bonds. The average Bonchev–Trinajstić information content (AvgIpc) is 3.26. The summed E-state index contributed by atoms with van der Waals surface area (Å²) in [6.07, 6.45) is 10.5. The van der Waals surface area contributed by atoms with Gasteiger partial charge in [-0.15, -0.1) is 0 Å². The van der Waals surface area contributed by atoms with Crippen molar-refractivity contribution in [3.8, 4) is 0 Å². The number of cyclic esters (lactones) is 4. The number of hydrogen-bond donors (Lipinski definition) is 0. The van der Waals surface area contributed by atoms with Crippen molar-refractivity contribution in [3.05, 3.63) is 24.3 Å². The Morgan fingerprint density at radius 1 is 0.870 bits per heavy atom. The molecule has 4 unspecified atom stereocenters. The van der Waals surface area contributed by atoms with E-state index in [1.165, 1.54) is 0 Å². The largest absolute Gasteiger partial charge is 0.393 e. The maximum atomic E-state index is 11.2. The Bertz CT molecular complexity index is 637. The standard InChI is InChI=1S/C9H8O3.C8H8O3/c10-8-6-4-1-2-5(3-4)7(6)9(11)12-8;9-6-5-8(7(10)11-6)3-1-2-4-8/h1-2,4-7H,3H2;1-2H,3-5H2. The molecule has 6 heteroatoms. The van der Waals surface area contributed by atoms with Crippen LogP contribution in [-0.4, -0.2) is 23.9 Å². The summed E-state index contributed by atoms with van der Waals surface area (Å²) in [7, 11) is 0. The van der Waals surface area contributed by atoms with Crippen LogP contribution in [0, 0.1) is 29.1 Å². The zero-order valence-corrected chi connectivity index (χ0v) is 12.4. The van der Waals surface area contributed by atoms with Crippen LogP contribution in [0.15, 0.2) is 24.3 Å². The fourth-order valence-electron chi connectivity index (χ4n) is 4.31. The molecule has 4 atom stereocenters. The van der Waals surface area contributed by atoms with Crippen molar-refractivity contribution in [1.82, 2.24) is 0 Å². The molecule has 5 rings (SSSR count). The highest BCUT2D eigenvalue weighted by atomic mass is 16.6. The molecule has 23 heavy (non-hydrogen) atoms. The second kappa shape index (κ2) is 4.88. The number of carbonyl (C=O) groups excluding carboxylic acids is 4. The molecule has 3 aliphatic carbocycles. The van der Waals surface area contributed by atoms with E-state index in [9.17, 15) is 19.2 Å². The second-order valence-corrected chi connectivity index (χ2v) is 6.84. The SMILES string of the molecule is O=C1CC2(CC=CC2)C(=O)O1.O=C1OC(=O)C2C3C=CC(C3)C12. The molecule has 2 aliphatic heterocycles. The Kier molecular flexibility index (Phi) is 3.04. The van der Waals surface area contributed by atoms with E-state index in [1.807, 2.05) is 24.3 Å². The Morgan fingerprint density at radius 3 is 1.91 bits per heavy atom. The van der Waals surface area contributed by atoms with Crippen molar-refractivity contribution in [2.45, 2.75) is 25.7 Å². The van der Waals surface area contributed by atoms with Crippen molar-refractivity contribution < 1.29 is 28.7 Å². The molecule has 3 fully saturated rings. The molecule has 120 valence electrons. The Labute approximate surface area is 132 Å². The van der Waals surface area contributed by atoms with Gasteiger partial charge in [-0.1, -0.05) is 24.3 Å². The molecule has 6 nitrogen and oxygen atoms in total. The van der Waals surface area contributed by atoms with Gasteiger partial charge in [-0.25, -0.2) is 0 Å². The highest BCUT2D eigenvalue weighted by Gasteiger charge is 2.57. The molecule has 2 heterocycles. The van der Waals surface area contributed by atoms with Crippen LogP contribution >= 0.6 is 0 Å². The first-order valence-electron chi connectivity index (χ1n) is 7.84. The van der Waals surface area contributed by atoms with Crippen LogP contribution < -0.4 is 0 Å². The molecule has 2 bridgehead atoms. The van der Waals surface area contributed by atoms with Crippen molar-refractivity contribution in [2.24, 2.45) is 29.1 Å². The third-order valence-electron chi connectivity index (χ3n) is 5.51. The molecule has 2 saturated heterocycles. The minimum Gasteiger partial charge on any atom is -0.393 e. The zero-order chi connectivity index (χ0) is 16.2. The molecule has 0 N–H and O–H groups in total. The number of rotatable bonds is 0. The van der Waals surface area contributed by atoms with Gasteiger partial charge >= 0.3 is 23.9 Å². The van der Waals surface area contributed by atoms with Crippen LogP contribution in [0.25, 0.3) is 0 Å². The van der Waals surface area contributed by atoms with Gasteiger partial charge in [0.25, 0.3) is 0 Å². The zero-order valence-electron chi connectivity index (χ0n) is 12.4. The Balaban J connectivity index is 0.000000118. The number of hydrogen-bond acceptors (Lipinski definition) is 6. The quantitative estimate of drug-likeness (QED) is 0.380. The van der Waals surface area contributed by atoms with Gasteiger partial charge in [-0.2, -0.15) is 0 Å². The predicted molar refractivity (Wildman–Crippen MR) is 75.3 cm³/mol. The van der Waals surface area contributed by atoms with Gasteiger partial charge in [0, 0.05) is 0 Å². The molecule has 1 saturated carbocycles. The van der Waals surface area contributed by atoms with Gasteiger partial charge < -0.3 is 9.47 Å². The van der Waals surface area contributed by atoms with Crippen LogP contribution in [-0.2, 0) is 28.7 Å². The lowest BCUT2D eigenvalue weighted by molar-refractivity contribution is -0.156. The average molecular weight is 316 g/mol. The van der Waals surface area contributed by atoms with Gasteiger partial charge in [0.2, 0.25) is 0 Å². The van der Waals surface area contributed by atoms with E-state index in [4.69, 9.17) is 0 Å². The fourth-order valence-corrected chi connectivity index (χ4v) is 4.31. The monoisotopic (exact) mass is 316 g/mol. The molecule has 0 aromatic rings. The first-order valence-corrected chi connectivity index (χ1v) is 7.84. The Hall–Kier alpha value is -2.24. The van der Waals surface area contributed by atoms with Crippen molar-refractivity contribution in [2.75, 3.05) is 0 Å². The Morgan fingerprint density at radius 2 is 1.43 bits per heavy atom. The van der Waals surface area contributed by atoms with Crippen LogP contribution in [0.4, 0.5) is 0 Å². The lowest BCUT2D eigenvalue weighted by atomic mass is 9.84. The maximum Gasteiger partial charge on any atom is 0.320 e. The van der Waals surface area contributed by atoms with Crippen LogP contribution in [0.2, 0.25) is 0 Å². The normalized spacial score (nSPS) is 37.9. The number of esters is 4. The topological polar surface area (TPSA) is 86.7 Å². The van der Waals surface area contributed by atoms with Crippen LogP contribution in [0.1, 0.15) is 25.7 Å². The molecule has 0 aromatic carbocycles. The lowest BCUT2D eigenvalue weighted by Crippen LogP contribution is -2.22. The molecule has 0 aromatic heterocycles. The molecule has 5 aliphatic rings. The number of ether oxygens (including phenoxy) is 2. The van der Waals surface area contributed by atoms with E-state index in [-0.39, 0.29) is 54.0 Å². The van der Waals surface area contributed by atoms with Crippen LogP contribution in [0.3, 0.4) is 0 Å². The van der Waals surface area contributed by atoms with Crippen LogP contribution in [0.5, 0.6) is 0 Å². The van der Waals surface area contributed by atoms with Crippen molar-refractivity contribution in [1.29, 1.82) is 0 Å². The van der Waals surface area contributed by atoms with E-state index >= 15 is 0 Å². The summed E-state index contributed by atoms with van der Waals surface area (Å²) in [5.74, 6) is -1.06. The van der Waals surface area contributed by atoms with E-state index < -0.39 is 5.41 Å². The third-order valence-corrected chi connectivity index (χ3v) is 5.51. The van der Waals surface area contributed by atoms with E-state index in [0.717, 1.165) is 6.42 Å². The summed E-state index contributed by atoms with van der Waals surface area (Å²) in [4.78, 5) is 44.2. The summed E-state index contributed by atoms with van der Waals surface area (Å²) in [5.41, 5.74) is -0.503. The van der Waals surface area contributed by atoms with E-state index in [1.54, 1.807) is 0 Å². The minimum atomic E-state index is -0.503. The van der Waals surface area contributed by atoms with Gasteiger partial charge in [-0.05, 0) is 31.1 Å². The highest BCUT2D eigenvalue weighted by molar-refractivity contribution is 5.98. The fraction of sp³-hybridized carbons (Fsp3) is 0.529. The summed E-state index contributed by atoms with van der Waals surface area (Å²) in [6.45, 7) is 0. The number of allylic oxidation sites excluding steroid dienone is 4. The lowest BCUT2D eigenvalue weighted by Gasteiger charge is -2.14. The summed E-state index contributed by atoms with van der Waals surface area (Å²) >= 11 is 0. The molecule has 0 radical (unpaired) electrons. The van der Waals surface area contributed by atoms with E-state index in [2.05, 4.69) is 9.47 Å². The smallest absolute Gasteiger partial charge is 0.320 e. The summed E-state index contributed by atoms with van der Waals surface area (Å²) < 4.78 is 9.07. The van der Waals surface area contributed by atoms with E-state index in [0.29, 0.717) is 12.8 Å². The number of fused-ring (bicyclic) bond motifs is 5. The van der Waals surface area contributed by atoms with Gasteiger partial charge in [0.05, 0.1) is 23.7 Å². The molecular weight excluding hydrogens is 300 g/mol. The second-order valence-electron chi connectivity index (χ2n) is 6.84. The van der Waals surface area contributed by atoms with Gasteiger partial charge in [0.1, 0.15) is 0 Å². The van der Waals surface area contributed by atoms with Gasteiger partial charge in [-0.3, -0.25) is 19.2 Å². The van der Waals surface area contributed by atoms with Crippen molar-refractivity contribution in [3.63, 3.8) is 0 Å². The number of carbonyl (C=O) groups is 4. The first kappa shape index (κ1) is 14.4. The predicted octanol–water partition coefficient (Wildman–Crippen LogP) is 1.30. The first-order chi connectivity index (χ1) is 11.0. The highest BCUT2D eigenvalue weighted by Crippen LogP contribution is 2.51. The van der Waals surface area contributed by atoms with Gasteiger partial charge in [0.15, 0.2) is 0 Å². The molecule has 1 spiro atoms. The summed E-state index contributed by atoms with van der Waals surface area (Å²) in [5, 5.41) is 0. The summed E-state index contributed by atoms with van der Waals surface area (Å²) in [6, 6.07) is 0. The third kappa shape index (κ3) is 2.08. The maximum absolute atomic E-state index is 11.2. The minimum absolute atomic E-state index is 0.146. The van der Waals surface area contributed by atoms with Crippen molar-refractivity contribution >= 4 is 23.9 Å². The molecular formula is C17H16O6.